The summed E-state index contributed by atoms with van der Waals surface area (Å²) in [4.78, 5) is 32.0. The average Bonchev–Trinajstić information content (AvgIpc) is 3.18. The molecule has 0 fully saturated rings. The Morgan fingerprint density at radius 2 is 1.52 bits per heavy atom. The normalized spacial score (nSPS) is 10.0. The number of aryl methyl sites for hydroxylation is 1. The van der Waals surface area contributed by atoms with Crippen molar-refractivity contribution in [1.29, 1.82) is 0 Å². The van der Waals surface area contributed by atoms with Crippen LogP contribution in [0.5, 0.6) is 0 Å². The second-order valence-corrected chi connectivity index (χ2v) is 6.11. The first kappa shape index (κ1) is 21.3. The number of nitrogens with two attached hydrogens (primary N) is 2. The molecule has 0 aliphatic heterocycles. The van der Waals surface area contributed by atoms with E-state index in [2.05, 4.69) is 5.10 Å². The maximum atomic E-state index is 10.9. The highest BCUT2D eigenvalue weighted by molar-refractivity contribution is 5.94. The molecule has 0 saturated carbocycles. The number of carbonyl (C=O) groups excluding carboxylic acids is 1. The lowest BCUT2D eigenvalue weighted by Gasteiger charge is -2.01. The number of carboxylic acid groups (broad SMARTS) is 2. The Morgan fingerprint density at radius 3 is 1.93 bits per heavy atom. The molecule has 1 heterocycles. The summed E-state index contributed by atoms with van der Waals surface area (Å²) in [5.74, 6) is -2.72. The number of primary amides is 1. The monoisotopic (exact) mass is 396 g/mol. The van der Waals surface area contributed by atoms with Crippen LogP contribution in [-0.4, -0.2) is 37.8 Å². The SMILES string of the molecule is Cc1cc(C(=O)O)cc(C(=O)O)c1.NCc1ccc(-n2cc(C(N)=O)cn2)cc1. The Labute approximate surface area is 166 Å². The molecule has 1 aromatic heterocycles. The van der Waals surface area contributed by atoms with Gasteiger partial charge < -0.3 is 21.7 Å². The van der Waals surface area contributed by atoms with Crippen LogP contribution in [0.25, 0.3) is 5.69 Å². The van der Waals surface area contributed by atoms with Crippen LogP contribution in [0.3, 0.4) is 0 Å². The van der Waals surface area contributed by atoms with Gasteiger partial charge in [0, 0.05) is 12.7 Å². The molecular formula is C20H20N4O5. The van der Waals surface area contributed by atoms with Crippen molar-refractivity contribution in [3.63, 3.8) is 0 Å². The fourth-order valence-corrected chi connectivity index (χ4v) is 2.41. The minimum absolute atomic E-state index is 0.00241. The zero-order valence-corrected chi connectivity index (χ0v) is 15.6. The fraction of sp³-hybridized carbons (Fsp3) is 0.100. The summed E-state index contributed by atoms with van der Waals surface area (Å²) in [5, 5.41) is 21.3. The third kappa shape index (κ3) is 5.75. The summed E-state index contributed by atoms with van der Waals surface area (Å²) in [5.41, 5.74) is 13.6. The summed E-state index contributed by atoms with van der Waals surface area (Å²) in [6.07, 6.45) is 3.04. The Kier molecular flexibility index (Phi) is 6.83. The van der Waals surface area contributed by atoms with Gasteiger partial charge in [-0.2, -0.15) is 5.10 Å². The van der Waals surface area contributed by atoms with Crippen molar-refractivity contribution in [2.24, 2.45) is 11.5 Å². The molecule has 0 atom stereocenters. The van der Waals surface area contributed by atoms with Crippen molar-refractivity contribution in [3.8, 4) is 5.69 Å². The van der Waals surface area contributed by atoms with E-state index in [1.807, 2.05) is 24.3 Å². The minimum Gasteiger partial charge on any atom is -0.478 e. The summed E-state index contributed by atoms with van der Waals surface area (Å²) in [6.45, 7) is 2.16. The predicted octanol–water partition coefficient (Wildman–Crippen LogP) is 1.82. The van der Waals surface area contributed by atoms with E-state index in [0.717, 1.165) is 17.3 Å². The highest BCUT2D eigenvalue weighted by Crippen LogP contribution is 2.10. The standard InChI is InChI=1S/C11H12N4O.C9H8O4/c12-5-8-1-3-10(4-2-8)15-7-9(6-14-15)11(13)16;1-5-2-6(8(10)11)4-7(3-5)9(12)13/h1-4,6-7H,5,12H2,(H2,13,16);2-4H,1H3,(H,10,11)(H,12,13). The number of benzene rings is 2. The molecule has 0 spiro atoms. The maximum absolute atomic E-state index is 10.9. The van der Waals surface area contributed by atoms with Gasteiger partial charge >= 0.3 is 11.9 Å². The number of hydrogen-bond donors (Lipinski definition) is 4. The summed E-state index contributed by atoms with van der Waals surface area (Å²) in [7, 11) is 0. The number of aromatic nitrogens is 2. The fourth-order valence-electron chi connectivity index (χ4n) is 2.41. The van der Waals surface area contributed by atoms with Crippen LogP contribution in [-0.2, 0) is 6.54 Å². The zero-order valence-electron chi connectivity index (χ0n) is 15.6. The van der Waals surface area contributed by atoms with Gasteiger partial charge in [-0.1, -0.05) is 12.1 Å². The van der Waals surface area contributed by atoms with Crippen molar-refractivity contribution in [2.75, 3.05) is 0 Å². The molecule has 2 aromatic carbocycles. The van der Waals surface area contributed by atoms with E-state index >= 15 is 0 Å². The largest absolute Gasteiger partial charge is 0.478 e. The first-order valence-electron chi connectivity index (χ1n) is 8.43. The molecule has 0 radical (unpaired) electrons. The Balaban J connectivity index is 0.000000212. The van der Waals surface area contributed by atoms with Crippen LogP contribution in [0.4, 0.5) is 0 Å². The average molecular weight is 396 g/mol. The Morgan fingerprint density at radius 1 is 0.966 bits per heavy atom. The molecule has 150 valence electrons. The second-order valence-electron chi connectivity index (χ2n) is 6.11. The highest BCUT2D eigenvalue weighted by atomic mass is 16.4. The van der Waals surface area contributed by atoms with Crippen molar-refractivity contribution in [2.45, 2.75) is 13.5 Å². The highest BCUT2D eigenvalue weighted by Gasteiger charge is 2.09. The lowest BCUT2D eigenvalue weighted by molar-refractivity contribution is 0.0696. The molecule has 0 aliphatic carbocycles. The van der Waals surface area contributed by atoms with E-state index in [0.29, 0.717) is 17.7 Å². The van der Waals surface area contributed by atoms with Gasteiger partial charge in [-0.25, -0.2) is 14.3 Å². The molecule has 9 heteroatoms. The van der Waals surface area contributed by atoms with E-state index in [9.17, 15) is 14.4 Å². The first-order chi connectivity index (χ1) is 13.7. The van der Waals surface area contributed by atoms with Crippen LogP contribution < -0.4 is 11.5 Å². The van der Waals surface area contributed by atoms with Crippen LogP contribution in [0.1, 0.15) is 42.2 Å². The maximum Gasteiger partial charge on any atom is 0.335 e. The van der Waals surface area contributed by atoms with Crippen molar-refractivity contribution in [1.82, 2.24) is 9.78 Å². The molecule has 29 heavy (non-hydrogen) atoms. The topological polar surface area (TPSA) is 162 Å². The van der Waals surface area contributed by atoms with E-state index < -0.39 is 17.8 Å². The van der Waals surface area contributed by atoms with Gasteiger partial charge in [0.15, 0.2) is 0 Å². The number of amides is 1. The Hall–Kier alpha value is -3.98. The lowest BCUT2D eigenvalue weighted by atomic mass is 10.1. The van der Waals surface area contributed by atoms with Crippen molar-refractivity contribution >= 4 is 17.8 Å². The molecule has 0 saturated heterocycles. The molecule has 6 N–H and O–H groups in total. The summed E-state index contributed by atoms with van der Waals surface area (Å²) >= 11 is 0. The molecular weight excluding hydrogens is 376 g/mol. The second kappa shape index (κ2) is 9.29. The summed E-state index contributed by atoms with van der Waals surface area (Å²) in [6, 6.07) is 11.6. The molecule has 1 amide bonds. The number of aromatic carboxylic acids is 2. The van der Waals surface area contributed by atoms with Gasteiger partial charge in [0.05, 0.1) is 28.6 Å². The molecule has 0 unspecified atom stereocenters. The van der Waals surface area contributed by atoms with Gasteiger partial charge in [0.2, 0.25) is 0 Å². The van der Waals surface area contributed by atoms with E-state index in [4.69, 9.17) is 21.7 Å². The number of carboxylic acids is 2. The van der Waals surface area contributed by atoms with E-state index in [1.54, 1.807) is 17.8 Å². The van der Waals surface area contributed by atoms with E-state index in [1.165, 1.54) is 18.3 Å². The van der Waals surface area contributed by atoms with Gasteiger partial charge in [0.25, 0.3) is 5.91 Å². The molecule has 0 bridgehead atoms. The quantitative estimate of drug-likeness (QED) is 0.511. The van der Waals surface area contributed by atoms with Gasteiger partial charge in [-0.05, 0) is 48.4 Å². The van der Waals surface area contributed by atoms with Gasteiger partial charge in [-0.3, -0.25) is 4.79 Å². The minimum atomic E-state index is -1.12. The third-order valence-corrected chi connectivity index (χ3v) is 3.87. The molecule has 0 aliphatic rings. The zero-order chi connectivity index (χ0) is 21.6. The number of rotatable bonds is 5. The summed E-state index contributed by atoms with van der Waals surface area (Å²) < 4.78 is 1.60. The lowest BCUT2D eigenvalue weighted by Crippen LogP contribution is -2.09. The molecule has 3 aromatic rings. The van der Waals surface area contributed by atoms with Gasteiger partial charge in [-0.15, -0.1) is 0 Å². The van der Waals surface area contributed by atoms with Crippen LogP contribution in [0.2, 0.25) is 0 Å². The first-order valence-corrected chi connectivity index (χ1v) is 8.43. The third-order valence-electron chi connectivity index (χ3n) is 3.87. The Bertz CT molecular complexity index is 1010. The van der Waals surface area contributed by atoms with E-state index in [-0.39, 0.29) is 11.1 Å². The van der Waals surface area contributed by atoms with Gasteiger partial charge in [0.1, 0.15) is 0 Å². The van der Waals surface area contributed by atoms with Crippen molar-refractivity contribution in [3.05, 3.63) is 82.7 Å². The van der Waals surface area contributed by atoms with Crippen LogP contribution >= 0.6 is 0 Å². The predicted molar refractivity (Wildman–Crippen MR) is 105 cm³/mol. The number of nitrogens with zero attached hydrogens (tertiary/aromatic N) is 2. The smallest absolute Gasteiger partial charge is 0.335 e. The molecule has 3 rings (SSSR count). The number of carbonyl (C=O) groups is 3. The van der Waals surface area contributed by atoms with Crippen LogP contribution in [0.15, 0.2) is 54.9 Å². The van der Waals surface area contributed by atoms with Crippen LogP contribution in [0, 0.1) is 6.92 Å². The van der Waals surface area contributed by atoms with Crippen molar-refractivity contribution < 1.29 is 24.6 Å². The number of hydrogen-bond acceptors (Lipinski definition) is 5. The molecule has 9 nitrogen and oxygen atoms in total.